The van der Waals surface area contributed by atoms with Crippen LogP contribution in [0.5, 0.6) is 11.5 Å². The van der Waals surface area contributed by atoms with E-state index in [1.165, 1.54) is 25.3 Å². The Morgan fingerprint density at radius 3 is 1.96 bits per heavy atom. The Morgan fingerprint density at radius 1 is 0.962 bits per heavy atom. The summed E-state index contributed by atoms with van der Waals surface area (Å²) in [7, 11) is 1.33. The van der Waals surface area contributed by atoms with Gasteiger partial charge in [-0.05, 0) is 49.2 Å². The summed E-state index contributed by atoms with van der Waals surface area (Å²) in [4.78, 5) is 21.7. The zero-order chi connectivity index (χ0) is 19.9. The number of carboxylic acids is 1. The third kappa shape index (κ3) is 5.97. The predicted octanol–water partition coefficient (Wildman–Crippen LogP) is 3.90. The van der Waals surface area contributed by atoms with E-state index in [4.69, 9.17) is 21.8 Å². The molecule has 0 aliphatic carbocycles. The van der Waals surface area contributed by atoms with E-state index in [-0.39, 0.29) is 28.4 Å². The van der Waals surface area contributed by atoms with Gasteiger partial charge in [-0.1, -0.05) is 29.8 Å². The second kappa shape index (κ2) is 9.68. The maximum atomic E-state index is 11.2. The molecule has 0 fully saturated rings. The number of esters is 1. The van der Waals surface area contributed by atoms with Crippen molar-refractivity contribution in [3.63, 3.8) is 0 Å². The summed E-state index contributed by atoms with van der Waals surface area (Å²) in [5.74, 6) is -1.93. The molecule has 2 rings (SSSR count). The fourth-order valence-corrected chi connectivity index (χ4v) is 2.20. The smallest absolute Gasteiger partial charge is 0.312 e. The standard InChI is InChI=1S/C10H11ClO3.C9H10O3/c1-6(10(13)14-2)7-3-4-9(12)8(11)5-7;1-6(9(11)12)7-2-4-8(10)5-3-7/h3-6,12H,1-2H3;2-6,10H,1H3,(H,11,12). The van der Waals surface area contributed by atoms with Crippen molar-refractivity contribution in [3.05, 3.63) is 58.6 Å². The molecule has 0 amide bonds. The van der Waals surface area contributed by atoms with Crippen LogP contribution in [0.15, 0.2) is 42.5 Å². The zero-order valence-corrected chi connectivity index (χ0v) is 15.4. The Balaban J connectivity index is 0.000000263. The molecular formula is C19H21ClO6. The first kappa shape index (κ1) is 21.3. The SMILES string of the molecule is CC(C(=O)O)c1ccc(O)cc1.COC(=O)C(C)c1ccc(O)c(Cl)c1. The van der Waals surface area contributed by atoms with Gasteiger partial charge in [-0.2, -0.15) is 0 Å². The van der Waals surface area contributed by atoms with Crippen LogP contribution in [0.1, 0.15) is 36.8 Å². The normalized spacial score (nSPS) is 12.3. The van der Waals surface area contributed by atoms with Crippen molar-refractivity contribution in [2.45, 2.75) is 25.7 Å². The van der Waals surface area contributed by atoms with Gasteiger partial charge in [0.25, 0.3) is 0 Å². The van der Waals surface area contributed by atoms with E-state index in [1.54, 1.807) is 38.1 Å². The molecule has 0 heterocycles. The van der Waals surface area contributed by atoms with Crippen LogP contribution in [-0.2, 0) is 14.3 Å². The molecule has 0 aliphatic heterocycles. The number of hydrogen-bond acceptors (Lipinski definition) is 5. The van der Waals surface area contributed by atoms with Crippen molar-refractivity contribution >= 4 is 23.5 Å². The fourth-order valence-electron chi connectivity index (χ4n) is 2.01. The van der Waals surface area contributed by atoms with E-state index < -0.39 is 11.9 Å². The van der Waals surface area contributed by atoms with Crippen LogP contribution < -0.4 is 0 Å². The fraction of sp³-hybridized carbons (Fsp3) is 0.263. The Bertz CT molecular complexity index is 757. The van der Waals surface area contributed by atoms with Crippen molar-refractivity contribution in [3.8, 4) is 11.5 Å². The van der Waals surface area contributed by atoms with Crippen LogP contribution in [0.25, 0.3) is 0 Å². The monoisotopic (exact) mass is 380 g/mol. The number of benzene rings is 2. The quantitative estimate of drug-likeness (QED) is 0.695. The van der Waals surface area contributed by atoms with Crippen LogP contribution in [0, 0.1) is 0 Å². The Kier molecular flexibility index (Phi) is 7.93. The highest BCUT2D eigenvalue weighted by Crippen LogP contribution is 2.27. The number of ether oxygens (including phenoxy) is 1. The lowest BCUT2D eigenvalue weighted by atomic mass is 10.0. The first-order valence-electron chi connectivity index (χ1n) is 7.75. The summed E-state index contributed by atoms with van der Waals surface area (Å²) < 4.78 is 4.59. The van der Waals surface area contributed by atoms with E-state index in [9.17, 15) is 14.7 Å². The Hall–Kier alpha value is -2.73. The van der Waals surface area contributed by atoms with Gasteiger partial charge in [0.15, 0.2) is 0 Å². The summed E-state index contributed by atoms with van der Waals surface area (Å²) in [6, 6.07) is 10.8. The van der Waals surface area contributed by atoms with Crippen LogP contribution in [0.3, 0.4) is 0 Å². The molecule has 0 saturated carbocycles. The average Bonchev–Trinajstić information content (AvgIpc) is 2.63. The van der Waals surface area contributed by atoms with Crippen LogP contribution in [0.2, 0.25) is 5.02 Å². The molecule has 2 atom stereocenters. The largest absolute Gasteiger partial charge is 0.508 e. The van der Waals surface area contributed by atoms with Crippen molar-refractivity contribution in [2.75, 3.05) is 7.11 Å². The zero-order valence-electron chi connectivity index (χ0n) is 14.6. The Labute approximate surface area is 156 Å². The van der Waals surface area contributed by atoms with Gasteiger partial charge in [-0.3, -0.25) is 9.59 Å². The summed E-state index contributed by atoms with van der Waals surface area (Å²) >= 11 is 5.70. The van der Waals surface area contributed by atoms with Gasteiger partial charge in [0.2, 0.25) is 0 Å². The van der Waals surface area contributed by atoms with E-state index in [2.05, 4.69) is 4.74 Å². The van der Waals surface area contributed by atoms with E-state index in [1.807, 2.05) is 0 Å². The number of carboxylic acid groups (broad SMARTS) is 1. The van der Waals surface area contributed by atoms with Gasteiger partial charge < -0.3 is 20.1 Å². The highest BCUT2D eigenvalue weighted by Gasteiger charge is 2.16. The van der Waals surface area contributed by atoms with Gasteiger partial charge in [0.05, 0.1) is 24.0 Å². The predicted molar refractivity (Wildman–Crippen MR) is 97.7 cm³/mol. The van der Waals surface area contributed by atoms with Crippen LogP contribution in [0.4, 0.5) is 0 Å². The highest BCUT2D eigenvalue weighted by atomic mass is 35.5. The third-order valence-corrected chi connectivity index (χ3v) is 4.09. The molecule has 140 valence electrons. The first-order chi connectivity index (χ1) is 12.2. The second-order valence-corrected chi connectivity index (χ2v) is 6.01. The molecule has 0 radical (unpaired) electrons. The molecule has 0 saturated heterocycles. The van der Waals surface area contributed by atoms with E-state index in [0.717, 1.165) is 5.56 Å². The first-order valence-corrected chi connectivity index (χ1v) is 8.13. The number of halogens is 1. The summed E-state index contributed by atoms with van der Waals surface area (Å²) in [5.41, 5.74) is 1.42. The highest BCUT2D eigenvalue weighted by molar-refractivity contribution is 6.32. The van der Waals surface area contributed by atoms with Crippen LogP contribution >= 0.6 is 11.6 Å². The number of aliphatic carboxylic acids is 1. The number of carbonyl (C=O) groups is 2. The average molecular weight is 381 g/mol. The third-order valence-electron chi connectivity index (χ3n) is 3.79. The number of carbonyl (C=O) groups excluding carboxylic acids is 1. The molecule has 2 aromatic carbocycles. The molecular weight excluding hydrogens is 360 g/mol. The van der Waals surface area contributed by atoms with Gasteiger partial charge >= 0.3 is 11.9 Å². The van der Waals surface area contributed by atoms with Crippen molar-refractivity contribution in [1.29, 1.82) is 0 Å². The van der Waals surface area contributed by atoms with Crippen molar-refractivity contribution in [1.82, 2.24) is 0 Å². The number of aromatic hydroxyl groups is 2. The lowest BCUT2D eigenvalue weighted by molar-refractivity contribution is -0.142. The van der Waals surface area contributed by atoms with Crippen LogP contribution in [-0.4, -0.2) is 34.4 Å². The minimum absolute atomic E-state index is 0.00693. The molecule has 0 bridgehead atoms. The van der Waals surface area contributed by atoms with Gasteiger partial charge in [-0.15, -0.1) is 0 Å². The van der Waals surface area contributed by atoms with Crippen molar-refractivity contribution in [2.24, 2.45) is 0 Å². The molecule has 3 N–H and O–H groups in total. The summed E-state index contributed by atoms with van der Waals surface area (Å²) in [5, 5.41) is 27.0. The maximum absolute atomic E-state index is 11.2. The minimum atomic E-state index is -0.860. The second-order valence-electron chi connectivity index (χ2n) is 5.61. The summed E-state index contributed by atoms with van der Waals surface area (Å²) in [6.07, 6.45) is 0. The van der Waals surface area contributed by atoms with Crippen molar-refractivity contribution < 1.29 is 29.6 Å². The number of methoxy groups -OCH3 is 1. The van der Waals surface area contributed by atoms with E-state index >= 15 is 0 Å². The molecule has 0 aliphatic rings. The number of phenolic OH excluding ortho intramolecular Hbond substituents is 2. The minimum Gasteiger partial charge on any atom is -0.508 e. The molecule has 6 nitrogen and oxygen atoms in total. The molecule has 0 aromatic heterocycles. The molecule has 2 unspecified atom stereocenters. The number of rotatable bonds is 4. The van der Waals surface area contributed by atoms with Gasteiger partial charge in [0, 0.05) is 0 Å². The number of hydrogen-bond donors (Lipinski definition) is 3. The summed E-state index contributed by atoms with van der Waals surface area (Å²) in [6.45, 7) is 3.32. The maximum Gasteiger partial charge on any atom is 0.312 e. The molecule has 7 heteroatoms. The lowest BCUT2D eigenvalue weighted by Crippen LogP contribution is -2.10. The molecule has 26 heavy (non-hydrogen) atoms. The van der Waals surface area contributed by atoms with Gasteiger partial charge in [-0.25, -0.2) is 0 Å². The molecule has 0 spiro atoms. The van der Waals surface area contributed by atoms with Gasteiger partial charge in [0.1, 0.15) is 11.5 Å². The lowest BCUT2D eigenvalue weighted by Gasteiger charge is -2.09. The number of phenols is 2. The van der Waals surface area contributed by atoms with E-state index in [0.29, 0.717) is 5.56 Å². The topological polar surface area (TPSA) is 104 Å². The molecule has 2 aromatic rings. The Morgan fingerprint density at radius 2 is 1.50 bits per heavy atom.